The van der Waals surface area contributed by atoms with Gasteiger partial charge in [-0.05, 0) is 38.2 Å². The lowest BCUT2D eigenvalue weighted by Crippen LogP contribution is -2.06. The summed E-state index contributed by atoms with van der Waals surface area (Å²) in [5.74, 6) is 0. The van der Waals surface area contributed by atoms with Crippen molar-refractivity contribution in [1.82, 2.24) is 5.32 Å². The van der Waals surface area contributed by atoms with Crippen molar-refractivity contribution in [2.45, 2.75) is 64.2 Å². The van der Waals surface area contributed by atoms with Crippen LogP contribution in [-0.2, 0) is 20.9 Å². The summed E-state index contributed by atoms with van der Waals surface area (Å²) >= 11 is 4.75. The average molecular weight is 325 g/mol. The second-order valence-electron chi connectivity index (χ2n) is 5.12. The normalized spacial score (nSPS) is 14.3. The lowest BCUT2D eigenvalue weighted by atomic mass is 10.1. The van der Waals surface area contributed by atoms with E-state index < -0.39 is 6.72 Å². The monoisotopic (exact) mass is 325 g/mol. The van der Waals surface area contributed by atoms with Crippen LogP contribution >= 0.6 is 6.72 Å². The highest BCUT2D eigenvalue weighted by Crippen LogP contribution is 2.42. The van der Waals surface area contributed by atoms with Gasteiger partial charge in [-0.1, -0.05) is 51.4 Å². The van der Waals surface area contributed by atoms with Crippen LogP contribution in [0.1, 0.15) is 64.2 Å². The molecular formula is C14H32NO3PS. The maximum absolute atomic E-state index is 9.38. The van der Waals surface area contributed by atoms with Gasteiger partial charge in [0, 0.05) is 7.11 Å². The molecule has 0 radical (unpaired) electrons. The van der Waals surface area contributed by atoms with Gasteiger partial charge in [-0.2, -0.15) is 0 Å². The largest absolute Gasteiger partial charge is 0.324 e. The molecule has 0 aromatic heterocycles. The Morgan fingerprint density at radius 1 is 0.900 bits per heavy atom. The van der Waals surface area contributed by atoms with Gasteiger partial charge in [0.05, 0.1) is 6.61 Å². The first kappa shape index (κ1) is 20.5. The standard InChI is InChI=1S/C14H32NO3PS/c1-15-13-11-9-7-5-3-4-6-8-10-12-14-18-19(16,20)17-2/h15H,3-14H2,1-2H3,(H,16,20). The number of unbranched alkanes of at least 4 members (excludes halogenated alkanes) is 9. The topological polar surface area (TPSA) is 50.7 Å². The number of hydrogen-bond acceptors (Lipinski definition) is 4. The molecule has 0 saturated heterocycles. The van der Waals surface area contributed by atoms with E-state index in [2.05, 4.69) is 5.32 Å². The maximum Gasteiger partial charge on any atom is 0.324 e. The Bertz CT molecular complexity index is 255. The second-order valence-corrected chi connectivity index (χ2v) is 8.07. The summed E-state index contributed by atoms with van der Waals surface area (Å²) < 4.78 is 9.82. The van der Waals surface area contributed by atoms with E-state index in [1.54, 1.807) is 0 Å². The highest BCUT2D eigenvalue weighted by molar-refractivity contribution is 8.07. The molecule has 0 spiro atoms. The molecule has 2 N–H and O–H groups in total. The van der Waals surface area contributed by atoms with E-state index in [0.29, 0.717) is 6.61 Å². The zero-order valence-corrected chi connectivity index (χ0v) is 14.8. The smallest absolute Gasteiger partial charge is 0.324 e. The Morgan fingerprint density at radius 2 is 1.35 bits per heavy atom. The third-order valence-corrected chi connectivity index (χ3v) is 5.04. The zero-order chi connectivity index (χ0) is 15.1. The van der Waals surface area contributed by atoms with Crippen molar-refractivity contribution in [1.29, 1.82) is 0 Å². The minimum Gasteiger partial charge on any atom is -0.324 e. The molecule has 0 heterocycles. The molecule has 6 heteroatoms. The minimum atomic E-state index is -2.93. The molecule has 0 fully saturated rings. The Kier molecular flexibility index (Phi) is 14.8. The van der Waals surface area contributed by atoms with Crippen LogP contribution < -0.4 is 5.32 Å². The van der Waals surface area contributed by atoms with Crippen LogP contribution in [0, 0.1) is 0 Å². The van der Waals surface area contributed by atoms with E-state index in [-0.39, 0.29) is 0 Å². The zero-order valence-electron chi connectivity index (χ0n) is 13.1. The SMILES string of the molecule is CNCCCCCCCCCCCCOP(O)(=S)OC. The van der Waals surface area contributed by atoms with Crippen molar-refractivity contribution in [3.05, 3.63) is 0 Å². The lowest BCUT2D eigenvalue weighted by molar-refractivity contribution is 0.221. The molecule has 20 heavy (non-hydrogen) atoms. The molecule has 0 saturated carbocycles. The van der Waals surface area contributed by atoms with Gasteiger partial charge in [-0.3, -0.25) is 0 Å². The van der Waals surface area contributed by atoms with Crippen LogP contribution in [0.5, 0.6) is 0 Å². The van der Waals surface area contributed by atoms with Crippen LogP contribution in [0.4, 0.5) is 0 Å². The van der Waals surface area contributed by atoms with Crippen LogP contribution in [0.15, 0.2) is 0 Å². The summed E-state index contributed by atoms with van der Waals surface area (Å²) in [5.41, 5.74) is 0. The van der Waals surface area contributed by atoms with Crippen LogP contribution in [0.3, 0.4) is 0 Å². The second kappa shape index (κ2) is 14.4. The molecular weight excluding hydrogens is 293 g/mol. The Morgan fingerprint density at radius 3 is 1.80 bits per heavy atom. The molecule has 122 valence electrons. The first-order valence-corrected chi connectivity index (χ1v) is 10.4. The molecule has 0 aliphatic heterocycles. The van der Waals surface area contributed by atoms with E-state index in [9.17, 15) is 4.89 Å². The van der Waals surface area contributed by atoms with Crippen molar-refractivity contribution < 1.29 is 13.9 Å². The van der Waals surface area contributed by atoms with E-state index in [1.807, 2.05) is 7.05 Å². The average Bonchev–Trinajstić information content (AvgIpc) is 2.44. The molecule has 0 aromatic rings. The first-order valence-electron chi connectivity index (χ1n) is 7.80. The molecule has 0 aromatic carbocycles. The first-order chi connectivity index (χ1) is 9.62. The minimum absolute atomic E-state index is 0.507. The molecule has 0 bridgehead atoms. The van der Waals surface area contributed by atoms with Crippen molar-refractivity contribution >= 4 is 18.5 Å². The van der Waals surface area contributed by atoms with Gasteiger partial charge in [-0.25, -0.2) is 0 Å². The van der Waals surface area contributed by atoms with Gasteiger partial charge in [0.1, 0.15) is 0 Å². The van der Waals surface area contributed by atoms with Crippen molar-refractivity contribution in [2.24, 2.45) is 0 Å². The van der Waals surface area contributed by atoms with Gasteiger partial charge >= 0.3 is 6.72 Å². The number of rotatable bonds is 15. The molecule has 1 unspecified atom stereocenters. The van der Waals surface area contributed by atoms with Gasteiger partial charge in [-0.15, -0.1) is 0 Å². The van der Waals surface area contributed by atoms with Crippen LogP contribution in [-0.4, -0.2) is 32.2 Å². The van der Waals surface area contributed by atoms with E-state index in [4.69, 9.17) is 20.9 Å². The quantitative estimate of drug-likeness (QED) is 0.352. The summed E-state index contributed by atoms with van der Waals surface area (Å²) in [6, 6.07) is 0. The predicted molar refractivity (Wildman–Crippen MR) is 89.6 cm³/mol. The molecule has 0 aliphatic carbocycles. The molecule has 1 atom stereocenters. The van der Waals surface area contributed by atoms with Crippen molar-refractivity contribution in [2.75, 3.05) is 27.3 Å². The third-order valence-electron chi connectivity index (χ3n) is 3.31. The van der Waals surface area contributed by atoms with Crippen LogP contribution in [0.2, 0.25) is 0 Å². The van der Waals surface area contributed by atoms with Gasteiger partial charge in [0.15, 0.2) is 0 Å². The maximum atomic E-state index is 9.38. The van der Waals surface area contributed by atoms with Gasteiger partial charge in [0.25, 0.3) is 0 Å². The Hall–Kier alpha value is 0.490. The van der Waals surface area contributed by atoms with E-state index in [1.165, 1.54) is 58.5 Å². The van der Waals surface area contributed by atoms with Crippen molar-refractivity contribution in [3.8, 4) is 0 Å². The predicted octanol–water partition coefficient (Wildman–Crippen LogP) is 3.99. The van der Waals surface area contributed by atoms with E-state index in [0.717, 1.165) is 19.4 Å². The van der Waals surface area contributed by atoms with Gasteiger partial charge < -0.3 is 19.3 Å². The highest BCUT2D eigenvalue weighted by atomic mass is 32.5. The summed E-state index contributed by atoms with van der Waals surface area (Å²) in [7, 11) is 3.40. The molecule has 0 amide bonds. The fourth-order valence-corrected chi connectivity index (χ4v) is 2.74. The summed E-state index contributed by atoms with van der Waals surface area (Å²) in [5, 5.41) is 3.18. The molecule has 0 rings (SSSR count). The molecule has 4 nitrogen and oxygen atoms in total. The fourth-order valence-electron chi connectivity index (χ4n) is 2.05. The number of nitrogens with one attached hydrogen (secondary N) is 1. The Labute approximate surface area is 129 Å². The highest BCUT2D eigenvalue weighted by Gasteiger charge is 2.10. The van der Waals surface area contributed by atoms with Gasteiger partial charge in [0.2, 0.25) is 0 Å². The third kappa shape index (κ3) is 14.9. The van der Waals surface area contributed by atoms with Crippen molar-refractivity contribution in [3.63, 3.8) is 0 Å². The fraction of sp³-hybridized carbons (Fsp3) is 1.00. The number of hydrogen-bond donors (Lipinski definition) is 2. The summed E-state index contributed by atoms with van der Waals surface area (Å²) in [6.45, 7) is -1.27. The molecule has 0 aliphatic rings. The van der Waals surface area contributed by atoms with Crippen LogP contribution in [0.25, 0.3) is 0 Å². The van der Waals surface area contributed by atoms with E-state index >= 15 is 0 Å². The summed E-state index contributed by atoms with van der Waals surface area (Å²) in [6.07, 6.45) is 12.7. The summed E-state index contributed by atoms with van der Waals surface area (Å²) in [4.78, 5) is 9.38. The Balaban J connectivity index is 3.08. The lowest BCUT2D eigenvalue weighted by Gasteiger charge is -2.12.